The second kappa shape index (κ2) is 10.4. The predicted molar refractivity (Wildman–Crippen MR) is 122 cm³/mol. The Balaban J connectivity index is 1.52. The number of aromatic nitrogens is 2. The van der Waals surface area contributed by atoms with E-state index in [1.165, 1.54) is 17.3 Å². The molecule has 0 N–H and O–H groups in total. The third-order valence-electron chi connectivity index (χ3n) is 4.79. The molecule has 0 saturated heterocycles. The molecule has 2 aromatic rings. The maximum atomic E-state index is 9.07. The van der Waals surface area contributed by atoms with Crippen molar-refractivity contribution in [2.24, 2.45) is 15.7 Å². The zero-order valence-electron chi connectivity index (χ0n) is 18.4. The Morgan fingerprint density at radius 2 is 1.97 bits per heavy atom. The van der Waals surface area contributed by atoms with Crippen LogP contribution in [-0.2, 0) is 16.1 Å². The first-order valence-electron chi connectivity index (χ1n) is 10.2. The normalized spacial score (nSPS) is 15.0. The first-order chi connectivity index (χ1) is 14.9. The van der Waals surface area contributed by atoms with Gasteiger partial charge in [-0.2, -0.15) is 5.26 Å². The second-order valence-electron chi connectivity index (χ2n) is 8.20. The van der Waals surface area contributed by atoms with E-state index in [-0.39, 0.29) is 5.41 Å². The Hall–Kier alpha value is -2.92. The lowest BCUT2D eigenvalue weighted by atomic mass is 9.94. The van der Waals surface area contributed by atoms with Gasteiger partial charge >= 0.3 is 0 Å². The summed E-state index contributed by atoms with van der Waals surface area (Å²) in [5, 5.41) is 18.1. The first kappa shape index (κ1) is 22.8. The van der Waals surface area contributed by atoms with E-state index in [9.17, 15) is 0 Å². The second-order valence-corrected chi connectivity index (χ2v) is 9.00. The van der Waals surface area contributed by atoms with E-state index in [1.807, 2.05) is 33.1 Å². The Bertz CT molecular complexity index is 1030. The summed E-state index contributed by atoms with van der Waals surface area (Å²) in [7, 11) is 0. The Morgan fingerprint density at radius 1 is 1.16 bits per heavy atom. The summed E-state index contributed by atoms with van der Waals surface area (Å²) in [5.74, 6) is 0. The molecule has 1 aliphatic rings. The molecular weight excluding hydrogens is 410 g/mol. The average Bonchev–Trinajstić information content (AvgIpc) is 2.76. The fourth-order valence-corrected chi connectivity index (χ4v) is 3.62. The van der Waals surface area contributed by atoms with Gasteiger partial charge in [0.2, 0.25) is 0 Å². The van der Waals surface area contributed by atoms with Crippen LogP contribution < -0.4 is 0 Å². The maximum absolute atomic E-state index is 9.07. The van der Waals surface area contributed by atoms with Crippen molar-refractivity contribution in [3.8, 4) is 6.07 Å². The fraction of sp³-hybridized carbons (Fsp3) is 0.435. The first-order valence-corrected chi connectivity index (χ1v) is 11.4. The molecule has 0 radical (unpaired) electrons. The monoisotopic (exact) mass is 437 g/mol. The van der Waals surface area contributed by atoms with Gasteiger partial charge in [-0.05, 0) is 56.2 Å². The molecule has 0 saturated carbocycles. The summed E-state index contributed by atoms with van der Waals surface area (Å²) in [6, 6.07) is 9.77. The van der Waals surface area contributed by atoms with Crippen LogP contribution in [0.25, 0.3) is 0 Å². The number of thioether (sulfide) groups is 1. The number of nitriles is 1. The standard InChI is InChI=1S/C23H27N5O2S/c1-16-8-9-17-6-5-7-20(21(17)26-16)28-30-15-23(2,3)14-29-25-13-19-11-10-18(12-24)22(27-19)31-4/h8-11,13H,5-7,14-15H2,1-4H3/b25-13+,28-20+. The zero-order valence-corrected chi connectivity index (χ0v) is 19.2. The highest BCUT2D eigenvalue weighted by atomic mass is 32.2. The van der Waals surface area contributed by atoms with Crippen molar-refractivity contribution < 1.29 is 9.68 Å². The molecule has 162 valence electrons. The van der Waals surface area contributed by atoms with Crippen LogP contribution in [-0.4, -0.2) is 41.4 Å². The molecule has 0 unspecified atom stereocenters. The third kappa shape index (κ3) is 6.28. The van der Waals surface area contributed by atoms with Gasteiger partial charge in [0.05, 0.1) is 23.2 Å². The van der Waals surface area contributed by atoms with E-state index in [1.54, 1.807) is 18.3 Å². The van der Waals surface area contributed by atoms with E-state index in [2.05, 4.69) is 32.4 Å². The van der Waals surface area contributed by atoms with Crippen LogP contribution in [0.5, 0.6) is 0 Å². The van der Waals surface area contributed by atoms with Crippen LogP contribution in [0.15, 0.2) is 39.6 Å². The highest BCUT2D eigenvalue weighted by Gasteiger charge is 2.22. The van der Waals surface area contributed by atoms with Gasteiger partial charge in [0.15, 0.2) is 0 Å². The SMILES string of the molecule is CSc1nc(/C=N/OCC(C)(C)CO/N=C2\CCCc3ccc(C)nc32)ccc1C#N. The average molecular weight is 438 g/mol. The molecular formula is C23H27N5O2S. The Labute approximate surface area is 187 Å². The molecule has 0 fully saturated rings. The van der Waals surface area contributed by atoms with Crippen LogP contribution in [0.4, 0.5) is 0 Å². The highest BCUT2D eigenvalue weighted by molar-refractivity contribution is 7.98. The lowest BCUT2D eigenvalue weighted by Crippen LogP contribution is -2.24. The summed E-state index contributed by atoms with van der Waals surface area (Å²) in [5.41, 5.74) is 5.01. The van der Waals surface area contributed by atoms with Crippen molar-refractivity contribution >= 4 is 23.7 Å². The minimum absolute atomic E-state index is 0.276. The van der Waals surface area contributed by atoms with Crippen molar-refractivity contribution in [3.63, 3.8) is 0 Å². The van der Waals surface area contributed by atoms with Gasteiger partial charge in [0, 0.05) is 11.1 Å². The number of fused-ring (bicyclic) bond motifs is 1. The Kier molecular flexibility index (Phi) is 7.64. The number of aryl methyl sites for hydroxylation is 2. The van der Waals surface area contributed by atoms with Crippen LogP contribution in [0, 0.1) is 23.7 Å². The number of nitrogens with zero attached hydrogens (tertiary/aromatic N) is 5. The maximum Gasteiger partial charge on any atom is 0.125 e. The van der Waals surface area contributed by atoms with Crippen molar-refractivity contribution in [1.82, 2.24) is 9.97 Å². The van der Waals surface area contributed by atoms with E-state index >= 15 is 0 Å². The lowest BCUT2D eigenvalue weighted by Gasteiger charge is -2.22. The van der Waals surface area contributed by atoms with Gasteiger partial charge in [-0.25, -0.2) is 4.98 Å². The summed E-state index contributed by atoms with van der Waals surface area (Å²) in [4.78, 5) is 20.2. The molecule has 1 aliphatic carbocycles. The molecule has 2 aromatic heterocycles. The van der Waals surface area contributed by atoms with Crippen LogP contribution in [0.2, 0.25) is 0 Å². The van der Waals surface area contributed by atoms with Crippen LogP contribution >= 0.6 is 11.8 Å². The van der Waals surface area contributed by atoms with E-state index in [0.717, 1.165) is 36.4 Å². The molecule has 3 rings (SSSR count). The number of hydrogen-bond acceptors (Lipinski definition) is 8. The lowest BCUT2D eigenvalue weighted by molar-refractivity contribution is 0.000294. The Morgan fingerprint density at radius 3 is 2.74 bits per heavy atom. The van der Waals surface area contributed by atoms with E-state index in [0.29, 0.717) is 29.5 Å². The zero-order chi connectivity index (χ0) is 22.3. The summed E-state index contributed by atoms with van der Waals surface area (Å²) in [6.45, 7) is 6.83. The minimum Gasteiger partial charge on any atom is -0.395 e. The molecule has 8 heteroatoms. The van der Waals surface area contributed by atoms with Gasteiger partial charge in [0.1, 0.15) is 30.0 Å². The summed E-state index contributed by atoms with van der Waals surface area (Å²) in [6.07, 6.45) is 6.40. The van der Waals surface area contributed by atoms with E-state index < -0.39 is 0 Å². The molecule has 7 nitrogen and oxygen atoms in total. The molecule has 0 bridgehead atoms. The quantitative estimate of drug-likeness (QED) is 0.343. The van der Waals surface area contributed by atoms with Crippen molar-refractivity contribution in [2.45, 2.75) is 45.1 Å². The highest BCUT2D eigenvalue weighted by Crippen LogP contribution is 2.22. The smallest absolute Gasteiger partial charge is 0.125 e. The van der Waals surface area contributed by atoms with Crippen LogP contribution in [0.3, 0.4) is 0 Å². The van der Waals surface area contributed by atoms with E-state index in [4.69, 9.17) is 14.9 Å². The minimum atomic E-state index is -0.276. The summed E-state index contributed by atoms with van der Waals surface area (Å²) < 4.78 is 0. The van der Waals surface area contributed by atoms with Crippen LogP contribution in [0.1, 0.15) is 54.9 Å². The van der Waals surface area contributed by atoms with Gasteiger partial charge in [-0.3, -0.25) is 4.98 Å². The summed E-state index contributed by atoms with van der Waals surface area (Å²) >= 11 is 1.43. The van der Waals surface area contributed by atoms with Crippen molar-refractivity contribution in [2.75, 3.05) is 19.5 Å². The predicted octanol–water partition coefficient (Wildman–Crippen LogP) is 4.51. The van der Waals surface area contributed by atoms with Gasteiger partial charge in [-0.1, -0.05) is 30.2 Å². The van der Waals surface area contributed by atoms with Crippen molar-refractivity contribution in [1.29, 1.82) is 5.26 Å². The number of oxime groups is 2. The number of rotatable bonds is 8. The third-order valence-corrected chi connectivity index (χ3v) is 5.49. The molecule has 2 heterocycles. The number of hydrogen-bond donors (Lipinski definition) is 0. The molecule has 0 aromatic carbocycles. The van der Waals surface area contributed by atoms with Crippen molar-refractivity contribution in [3.05, 3.63) is 52.5 Å². The van der Waals surface area contributed by atoms with Gasteiger partial charge in [-0.15, -0.1) is 11.8 Å². The van der Waals surface area contributed by atoms with Gasteiger partial charge < -0.3 is 9.68 Å². The molecule has 0 aliphatic heterocycles. The topological polar surface area (TPSA) is 92.8 Å². The molecule has 31 heavy (non-hydrogen) atoms. The molecule has 0 amide bonds. The van der Waals surface area contributed by atoms with Gasteiger partial charge in [0.25, 0.3) is 0 Å². The molecule has 0 atom stereocenters. The largest absolute Gasteiger partial charge is 0.395 e. The fourth-order valence-electron chi connectivity index (χ4n) is 3.09. The molecule has 0 spiro atoms. The number of pyridine rings is 2.